The van der Waals surface area contributed by atoms with Crippen molar-refractivity contribution in [1.82, 2.24) is 24.4 Å². The average Bonchev–Trinajstić information content (AvgIpc) is 3.00. The van der Waals surface area contributed by atoms with Gasteiger partial charge >= 0.3 is 5.69 Å². The summed E-state index contributed by atoms with van der Waals surface area (Å²) in [4.78, 5) is 43.3. The van der Waals surface area contributed by atoms with Crippen molar-refractivity contribution < 1.29 is 23.4 Å². The summed E-state index contributed by atoms with van der Waals surface area (Å²) in [6, 6.07) is 2.29. The molecule has 1 amide bonds. The predicted molar refractivity (Wildman–Crippen MR) is 167 cm³/mol. The number of aliphatic hydroxyl groups is 1. The maximum atomic E-state index is 15.8. The number of rotatable bonds is 9. The fraction of sp³-hybridized carbons (Fsp3) is 0.323. The topological polar surface area (TPSA) is 114 Å². The Bertz CT molecular complexity index is 1770. The molecule has 4 heterocycles. The van der Waals surface area contributed by atoms with E-state index in [9.17, 15) is 19.1 Å². The Kier molecular flexibility index (Phi) is 9.96. The van der Waals surface area contributed by atoms with Crippen LogP contribution in [0.25, 0.3) is 16.7 Å². The normalized spacial score (nSPS) is 17.5. The highest BCUT2D eigenvalue weighted by Crippen LogP contribution is 2.32. The number of allylic oxidation sites excluding steroid dienone is 4. The smallest absolute Gasteiger partial charge is 0.356 e. The number of halogens is 2. The van der Waals surface area contributed by atoms with Gasteiger partial charge in [0.25, 0.3) is 0 Å². The number of nitrogens with zero attached hydrogens (tertiary/aromatic N) is 6. The summed E-state index contributed by atoms with van der Waals surface area (Å²) in [7, 11) is 1.68. The number of amides is 1. The maximum absolute atomic E-state index is 15.8. The number of aliphatic hydroxyl groups excluding tert-OH is 1. The van der Waals surface area contributed by atoms with E-state index in [1.54, 1.807) is 25.7 Å². The largest absolute Gasteiger partial charge is 0.489 e. The number of aryl methyl sites for hydroxylation is 1. The second-order valence-corrected chi connectivity index (χ2v) is 10.6. The van der Waals surface area contributed by atoms with Crippen molar-refractivity contribution in [2.24, 2.45) is 0 Å². The van der Waals surface area contributed by atoms with Gasteiger partial charge in [-0.05, 0) is 44.9 Å². The Hall–Kier alpha value is -4.83. The van der Waals surface area contributed by atoms with Crippen molar-refractivity contribution >= 4 is 30.6 Å². The fourth-order valence-corrected chi connectivity index (χ4v) is 5.20. The Labute approximate surface area is 254 Å². The number of anilines is 1. The minimum Gasteiger partial charge on any atom is -0.489 e. The number of hydrogen-bond donors (Lipinski definition) is 1. The van der Waals surface area contributed by atoms with E-state index in [0.29, 0.717) is 24.3 Å². The Balaban J connectivity index is 1.97. The van der Waals surface area contributed by atoms with Crippen LogP contribution >= 0.6 is 0 Å². The number of hydrogen-bond acceptors (Lipinski definition) is 8. The zero-order chi connectivity index (χ0) is 32.1. The van der Waals surface area contributed by atoms with Gasteiger partial charge in [0.05, 0.1) is 23.4 Å². The fourth-order valence-electron chi connectivity index (χ4n) is 5.20. The number of terminal acetylenes is 1. The molecule has 0 saturated carbocycles. The third kappa shape index (κ3) is 6.55. The van der Waals surface area contributed by atoms with Crippen LogP contribution in [-0.4, -0.2) is 81.7 Å². The molecule has 0 aromatic carbocycles. The van der Waals surface area contributed by atoms with Gasteiger partial charge in [0.1, 0.15) is 37.5 Å². The lowest BCUT2D eigenvalue weighted by atomic mass is 9.90. The van der Waals surface area contributed by atoms with Gasteiger partial charge in [0, 0.05) is 43.9 Å². The highest BCUT2D eigenvalue weighted by atomic mass is 19.1. The lowest BCUT2D eigenvalue weighted by Crippen LogP contribution is -2.58. The Morgan fingerprint density at radius 1 is 1.30 bits per heavy atom. The van der Waals surface area contributed by atoms with Gasteiger partial charge in [-0.3, -0.25) is 9.78 Å². The molecule has 2 atom stereocenters. The lowest BCUT2D eigenvalue weighted by Gasteiger charge is -2.44. The molecule has 4 rings (SSSR count). The number of fused-ring (bicyclic) bond motifs is 1. The average molecular weight is 602 g/mol. The first-order chi connectivity index (χ1) is 21.0. The second kappa shape index (κ2) is 13.6. The van der Waals surface area contributed by atoms with Gasteiger partial charge in [0.2, 0.25) is 5.91 Å². The van der Waals surface area contributed by atoms with Gasteiger partial charge in [-0.2, -0.15) is 9.37 Å². The highest BCUT2D eigenvalue weighted by molar-refractivity contribution is 6.21. The molecule has 228 valence electrons. The second-order valence-electron chi connectivity index (χ2n) is 10.6. The number of piperazine rings is 1. The number of aromatic nitrogens is 4. The van der Waals surface area contributed by atoms with Gasteiger partial charge in [-0.25, -0.2) is 18.7 Å². The van der Waals surface area contributed by atoms with E-state index in [4.69, 9.17) is 11.2 Å². The first kappa shape index (κ1) is 32.1. The molecule has 10 nitrogen and oxygen atoms in total. The first-order valence-corrected chi connectivity index (χ1v) is 14.0. The van der Waals surface area contributed by atoms with E-state index in [2.05, 4.69) is 21.5 Å². The lowest BCUT2D eigenvalue weighted by molar-refractivity contribution is -0.128. The van der Waals surface area contributed by atoms with E-state index in [1.165, 1.54) is 29.0 Å². The van der Waals surface area contributed by atoms with Crippen molar-refractivity contribution in [3.63, 3.8) is 0 Å². The molecule has 1 aliphatic heterocycles. The third-order valence-corrected chi connectivity index (χ3v) is 7.33. The van der Waals surface area contributed by atoms with Crippen LogP contribution in [0.4, 0.5) is 14.6 Å². The number of pyridine rings is 2. The number of ether oxygens (including phenoxy) is 1. The molecule has 1 saturated heterocycles. The van der Waals surface area contributed by atoms with Crippen LogP contribution in [0.1, 0.15) is 25.2 Å². The molecule has 0 spiro atoms. The molecule has 3 aromatic heterocycles. The van der Waals surface area contributed by atoms with Crippen LogP contribution in [0.5, 0.6) is 5.75 Å². The zero-order valence-corrected chi connectivity index (χ0v) is 25.0. The molecule has 1 unspecified atom stereocenters. The maximum Gasteiger partial charge on any atom is 0.356 e. The molecule has 1 N–H and O–H groups in total. The molecule has 44 heavy (non-hydrogen) atoms. The van der Waals surface area contributed by atoms with Crippen molar-refractivity contribution in [3.8, 4) is 23.8 Å². The molecular weight excluding hydrogens is 569 g/mol. The van der Waals surface area contributed by atoms with Crippen molar-refractivity contribution in [3.05, 3.63) is 82.1 Å². The van der Waals surface area contributed by atoms with Gasteiger partial charge in [0.15, 0.2) is 11.5 Å². The Morgan fingerprint density at radius 3 is 2.73 bits per heavy atom. The molecular formula is C31H33BF2N6O4. The molecule has 0 radical (unpaired) electrons. The summed E-state index contributed by atoms with van der Waals surface area (Å²) >= 11 is 0. The summed E-state index contributed by atoms with van der Waals surface area (Å²) in [6.45, 7) is 9.36. The molecule has 0 bridgehead atoms. The monoisotopic (exact) mass is 602 g/mol. The summed E-state index contributed by atoms with van der Waals surface area (Å²) in [6.07, 6.45) is 10.4. The molecule has 3 aromatic rings. The van der Waals surface area contributed by atoms with Crippen molar-refractivity contribution in [2.45, 2.75) is 39.3 Å². The standard InChI is InChI=1S/C31H33BF2N6O4/c1-6-22(33)9-8-21(32)14-25-24(34)15-23-29(39-17-18(3)38(16-19(39)4)27(42)7-2)37-31(43)40(30(23)36-25)28-20(5)35-11-10-26(28)44-13-12-41/h1,7-11,15,18-19,41H,2,12-14,16-17,32H2,3-5H3/b21-8+,22-9+/t18-,19?/m1/s1. The molecule has 0 aliphatic carbocycles. The summed E-state index contributed by atoms with van der Waals surface area (Å²) in [5.74, 6) is 0.713. The summed E-state index contributed by atoms with van der Waals surface area (Å²) in [5.41, 5.74) is 0.625. The third-order valence-electron chi connectivity index (χ3n) is 7.33. The van der Waals surface area contributed by atoms with E-state index < -0.39 is 17.3 Å². The van der Waals surface area contributed by atoms with Crippen LogP contribution in [0, 0.1) is 25.1 Å². The minimum absolute atomic E-state index is 0.00234. The van der Waals surface area contributed by atoms with E-state index in [0.717, 1.165) is 6.08 Å². The summed E-state index contributed by atoms with van der Waals surface area (Å²) in [5, 5.41) is 9.62. The van der Waals surface area contributed by atoms with Crippen LogP contribution < -0.4 is 15.3 Å². The highest BCUT2D eigenvalue weighted by Gasteiger charge is 2.34. The van der Waals surface area contributed by atoms with Gasteiger partial charge in [-0.1, -0.05) is 12.7 Å². The number of carbonyl (C=O) groups excluding carboxylic acids is 1. The van der Waals surface area contributed by atoms with Gasteiger partial charge in [-0.15, -0.1) is 11.9 Å². The number of carbonyl (C=O) groups is 1. The predicted octanol–water partition coefficient (Wildman–Crippen LogP) is 2.15. The van der Waals surface area contributed by atoms with Gasteiger partial charge < -0.3 is 19.6 Å². The van der Waals surface area contributed by atoms with Crippen LogP contribution in [0.3, 0.4) is 0 Å². The molecule has 1 aliphatic rings. The zero-order valence-electron chi connectivity index (χ0n) is 25.0. The van der Waals surface area contributed by atoms with Crippen LogP contribution in [0.2, 0.25) is 0 Å². The van der Waals surface area contributed by atoms with Crippen molar-refractivity contribution in [2.75, 3.05) is 31.2 Å². The van der Waals surface area contributed by atoms with Crippen LogP contribution in [-0.2, 0) is 11.2 Å². The first-order valence-electron chi connectivity index (χ1n) is 14.0. The minimum atomic E-state index is -0.776. The molecule has 1 fully saturated rings. The summed E-state index contributed by atoms with van der Waals surface area (Å²) < 4.78 is 36.2. The van der Waals surface area contributed by atoms with E-state index >= 15 is 4.39 Å². The van der Waals surface area contributed by atoms with E-state index in [1.807, 2.05) is 24.7 Å². The quantitative estimate of drug-likeness (QED) is 0.172. The van der Waals surface area contributed by atoms with E-state index in [-0.39, 0.29) is 71.6 Å². The Morgan fingerprint density at radius 2 is 2.05 bits per heavy atom. The molecule has 13 heteroatoms. The van der Waals surface area contributed by atoms with Crippen LogP contribution in [0.15, 0.2) is 59.2 Å². The SMILES string of the molecule is B/C(=C/C=C(/F)C#C)Cc1nc2c(cc1F)c(N1C[C@@H](C)N(C(=O)C=C)CC1C)nc(=O)n2-c1c(OCCO)ccnc1C. The van der Waals surface area contributed by atoms with Crippen molar-refractivity contribution in [1.29, 1.82) is 0 Å².